The van der Waals surface area contributed by atoms with E-state index in [1.165, 1.54) is 48.5 Å². The summed E-state index contributed by atoms with van der Waals surface area (Å²) >= 11 is 0. The standard InChI is InChI=1S/C24H26N2O6/c1-2-3-16-24(17-32-21(29)15-14-20(27)28)22(30)25(18-10-6-4-7-11-18)26(23(24)31)19-12-8-5-9-13-19/h4-13H,2-3,14-17H2,1H3,(H,27,28)/i1D3,2D2,3D2,16D2. The highest BCUT2D eigenvalue weighted by atomic mass is 16.5. The fourth-order valence-electron chi connectivity index (χ4n) is 3.11. The van der Waals surface area contributed by atoms with Crippen molar-refractivity contribution >= 4 is 35.1 Å². The number of amides is 2. The number of nitrogens with zero attached hydrogens (tertiary/aromatic N) is 2. The average molecular weight is 448 g/mol. The van der Waals surface area contributed by atoms with Gasteiger partial charge in [0.1, 0.15) is 6.61 Å². The van der Waals surface area contributed by atoms with Gasteiger partial charge in [-0.15, -0.1) is 0 Å². The summed E-state index contributed by atoms with van der Waals surface area (Å²) in [6.45, 7) is -5.24. The van der Waals surface area contributed by atoms with Crippen molar-refractivity contribution in [3.63, 3.8) is 0 Å². The lowest BCUT2D eigenvalue weighted by molar-refractivity contribution is -0.154. The molecule has 0 radical (unpaired) electrons. The van der Waals surface area contributed by atoms with Gasteiger partial charge >= 0.3 is 11.9 Å². The van der Waals surface area contributed by atoms with Crippen LogP contribution < -0.4 is 10.0 Å². The van der Waals surface area contributed by atoms with Crippen LogP contribution in [0.15, 0.2) is 60.7 Å². The summed E-state index contributed by atoms with van der Waals surface area (Å²) in [5.74, 6) is -5.60. The van der Waals surface area contributed by atoms with Crippen molar-refractivity contribution in [2.24, 2.45) is 5.41 Å². The Morgan fingerprint density at radius 2 is 1.50 bits per heavy atom. The van der Waals surface area contributed by atoms with Crippen molar-refractivity contribution in [3.05, 3.63) is 60.7 Å². The number of ether oxygens (including phenoxy) is 1. The second-order valence-electron chi connectivity index (χ2n) is 6.74. The van der Waals surface area contributed by atoms with Crippen LogP contribution in [0.3, 0.4) is 0 Å². The number of carbonyl (C=O) groups excluding carboxylic acids is 3. The first-order chi connectivity index (χ1) is 18.8. The van der Waals surface area contributed by atoms with Gasteiger partial charge in [0.2, 0.25) is 0 Å². The van der Waals surface area contributed by atoms with E-state index in [1.807, 2.05) is 0 Å². The van der Waals surface area contributed by atoms with Gasteiger partial charge in [0.05, 0.1) is 24.2 Å². The summed E-state index contributed by atoms with van der Waals surface area (Å²) in [4.78, 5) is 51.8. The molecule has 32 heavy (non-hydrogen) atoms. The maximum atomic E-state index is 14.3. The normalized spacial score (nSPS) is 21.1. The quantitative estimate of drug-likeness (QED) is 0.441. The van der Waals surface area contributed by atoms with Crippen molar-refractivity contribution < 1.29 is 41.4 Å². The molecule has 3 rings (SSSR count). The second kappa shape index (κ2) is 10.1. The molecule has 1 saturated heterocycles. The van der Waals surface area contributed by atoms with Crippen LogP contribution in [0.2, 0.25) is 0 Å². The van der Waals surface area contributed by atoms with Crippen LogP contribution in [-0.2, 0) is 23.9 Å². The fraction of sp³-hybridized carbons (Fsp3) is 0.333. The Morgan fingerprint density at radius 1 is 0.969 bits per heavy atom. The number of hydrogen-bond acceptors (Lipinski definition) is 5. The number of rotatable bonds is 10. The van der Waals surface area contributed by atoms with Crippen LogP contribution >= 0.6 is 0 Å². The van der Waals surface area contributed by atoms with Gasteiger partial charge in [0, 0.05) is 12.3 Å². The molecule has 1 fully saturated rings. The Bertz CT molecular complexity index is 1260. The monoisotopic (exact) mass is 447 g/mol. The van der Waals surface area contributed by atoms with E-state index in [0.29, 0.717) is 10.0 Å². The number of benzene rings is 2. The van der Waals surface area contributed by atoms with Crippen molar-refractivity contribution in [1.29, 1.82) is 0 Å². The van der Waals surface area contributed by atoms with Gasteiger partial charge in [-0.1, -0.05) is 56.0 Å². The number of hydrogen-bond donors (Lipinski definition) is 1. The molecule has 0 saturated carbocycles. The van der Waals surface area contributed by atoms with Crippen LogP contribution in [-0.4, -0.2) is 35.5 Å². The molecule has 2 aromatic rings. The number of carboxylic acid groups (broad SMARTS) is 1. The average Bonchev–Trinajstić information content (AvgIpc) is 3.13. The minimum absolute atomic E-state index is 0.00368. The number of para-hydroxylation sites is 2. The van der Waals surface area contributed by atoms with Gasteiger partial charge < -0.3 is 9.84 Å². The Balaban J connectivity index is 2.30. The lowest BCUT2D eigenvalue weighted by Crippen LogP contribution is -2.42. The molecule has 1 N–H and O–H groups in total. The first-order valence-electron chi connectivity index (χ1n) is 14.0. The topological polar surface area (TPSA) is 104 Å². The zero-order valence-electron chi connectivity index (χ0n) is 25.8. The summed E-state index contributed by atoms with van der Waals surface area (Å²) < 4.78 is 78.2. The fourth-order valence-corrected chi connectivity index (χ4v) is 3.11. The number of anilines is 2. The molecule has 2 amide bonds. The number of hydrazine groups is 1. The molecule has 8 heteroatoms. The molecule has 1 heterocycles. The minimum atomic E-state index is -4.07. The van der Waals surface area contributed by atoms with E-state index in [9.17, 15) is 19.2 Å². The Hall–Kier alpha value is -3.68. The van der Waals surface area contributed by atoms with Gasteiger partial charge in [0.15, 0.2) is 5.41 Å². The Morgan fingerprint density at radius 3 is 1.97 bits per heavy atom. The summed E-state index contributed by atoms with van der Waals surface area (Å²) in [5, 5.41) is 10.3. The molecule has 1 aliphatic rings. The van der Waals surface area contributed by atoms with Crippen LogP contribution in [0.4, 0.5) is 11.4 Å². The van der Waals surface area contributed by atoms with E-state index < -0.39 is 74.6 Å². The minimum Gasteiger partial charge on any atom is -0.481 e. The van der Waals surface area contributed by atoms with Crippen molar-refractivity contribution in [2.75, 3.05) is 16.6 Å². The molecule has 0 aliphatic carbocycles. The van der Waals surface area contributed by atoms with E-state index in [0.717, 1.165) is 0 Å². The molecule has 2 aromatic carbocycles. The van der Waals surface area contributed by atoms with E-state index in [-0.39, 0.29) is 11.4 Å². The molecule has 168 valence electrons. The molecule has 0 unspecified atom stereocenters. The lowest BCUT2D eigenvalue weighted by atomic mass is 9.82. The second-order valence-corrected chi connectivity index (χ2v) is 6.74. The Kier molecular flexibility index (Phi) is 4.31. The number of carbonyl (C=O) groups is 4. The van der Waals surface area contributed by atoms with E-state index >= 15 is 0 Å². The predicted molar refractivity (Wildman–Crippen MR) is 118 cm³/mol. The maximum absolute atomic E-state index is 14.3. The van der Waals surface area contributed by atoms with Crippen molar-refractivity contribution in [3.8, 4) is 0 Å². The summed E-state index contributed by atoms with van der Waals surface area (Å²) in [7, 11) is 0. The summed E-state index contributed by atoms with van der Waals surface area (Å²) in [6, 6.07) is 14.6. The molecule has 0 aromatic heterocycles. The molecular weight excluding hydrogens is 412 g/mol. The zero-order valence-corrected chi connectivity index (χ0v) is 16.8. The molecule has 0 spiro atoms. The van der Waals surface area contributed by atoms with Gasteiger partial charge in [-0.25, -0.2) is 10.0 Å². The highest BCUT2D eigenvalue weighted by Gasteiger charge is 2.59. The smallest absolute Gasteiger partial charge is 0.306 e. The first-order valence-corrected chi connectivity index (χ1v) is 9.51. The van der Waals surface area contributed by atoms with Gasteiger partial charge in [-0.3, -0.25) is 19.2 Å². The summed E-state index contributed by atoms with van der Waals surface area (Å²) in [5.41, 5.74) is -3.35. The van der Waals surface area contributed by atoms with Crippen LogP contribution in [0, 0.1) is 5.41 Å². The van der Waals surface area contributed by atoms with Crippen LogP contribution in [0.5, 0.6) is 0 Å². The SMILES string of the molecule is [2H]C([2H])([2H])C([2H])([2H])C([2H])([2H])C([2H])([2H])C1(COC(=O)CCC(=O)O)C(=O)N(c2ccccc2)N(c2ccccc2)C1=O. The van der Waals surface area contributed by atoms with E-state index in [2.05, 4.69) is 0 Å². The number of esters is 1. The maximum Gasteiger partial charge on any atom is 0.306 e. The van der Waals surface area contributed by atoms with Gasteiger partial charge in [-0.05, 0) is 30.6 Å². The van der Waals surface area contributed by atoms with E-state index in [4.69, 9.17) is 22.2 Å². The molecule has 8 nitrogen and oxygen atoms in total. The highest BCUT2D eigenvalue weighted by Crippen LogP contribution is 2.42. The van der Waals surface area contributed by atoms with Crippen LogP contribution in [0.1, 0.15) is 51.1 Å². The number of carboxylic acids is 1. The van der Waals surface area contributed by atoms with Crippen molar-refractivity contribution in [2.45, 2.75) is 38.8 Å². The zero-order chi connectivity index (χ0) is 31.0. The third kappa shape index (κ3) is 4.64. The largest absolute Gasteiger partial charge is 0.481 e. The molecule has 1 aliphatic heterocycles. The van der Waals surface area contributed by atoms with Crippen molar-refractivity contribution in [1.82, 2.24) is 0 Å². The molecular formula is C24H26N2O6. The third-order valence-electron chi connectivity index (χ3n) is 4.65. The lowest BCUT2D eigenvalue weighted by Gasteiger charge is -2.27. The third-order valence-corrected chi connectivity index (χ3v) is 4.65. The predicted octanol–water partition coefficient (Wildman–Crippen LogP) is 3.57. The van der Waals surface area contributed by atoms with Crippen LogP contribution in [0.25, 0.3) is 0 Å². The van der Waals surface area contributed by atoms with E-state index in [1.54, 1.807) is 12.1 Å². The van der Waals surface area contributed by atoms with Gasteiger partial charge in [0.25, 0.3) is 11.8 Å². The van der Waals surface area contributed by atoms with Gasteiger partial charge in [-0.2, -0.15) is 0 Å². The Labute approximate surface area is 199 Å². The molecule has 0 bridgehead atoms. The summed E-state index contributed by atoms with van der Waals surface area (Å²) in [6.07, 6.45) is -13.5. The first kappa shape index (κ1) is 13.7. The number of aliphatic carboxylic acids is 1. The molecule has 0 atom stereocenters. The highest BCUT2D eigenvalue weighted by molar-refractivity contribution is 6.26.